The van der Waals surface area contributed by atoms with E-state index in [9.17, 15) is 0 Å². The summed E-state index contributed by atoms with van der Waals surface area (Å²) in [6.45, 7) is 2.56. The van der Waals surface area contributed by atoms with Crippen LogP contribution in [0, 0.1) is 4.77 Å². The van der Waals surface area contributed by atoms with Gasteiger partial charge in [-0.3, -0.25) is 0 Å². The first-order chi connectivity index (χ1) is 13.2. The number of rotatable bonds is 7. The van der Waals surface area contributed by atoms with Gasteiger partial charge in [0.1, 0.15) is 5.75 Å². The maximum Gasteiger partial charge on any atom is 0.216 e. The maximum absolute atomic E-state index is 6.20. The Kier molecular flexibility index (Phi) is 6.40. The Bertz CT molecular complexity index is 993. The zero-order valence-electron chi connectivity index (χ0n) is 14.6. The zero-order valence-corrected chi connectivity index (χ0v) is 16.2. The molecule has 0 aliphatic heterocycles. The number of allylic oxidation sites excluding steroid dienone is 1. The molecule has 0 aliphatic rings. The molecule has 0 aliphatic carbocycles. The molecule has 0 amide bonds. The molecular weight excluding hydrogens is 382 g/mol. The normalized spacial score (nSPS) is 11.7. The molecule has 0 atom stereocenters. The average Bonchev–Trinajstić information content (AvgIpc) is 3.04. The number of nitrogens with zero attached hydrogens (tertiary/aromatic N) is 3. The monoisotopic (exact) mass is 399 g/mol. The van der Waals surface area contributed by atoms with Crippen LogP contribution < -0.4 is 10.3 Å². The molecule has 3 aromatic rings. The van der Waals surface area contributed by atoms with Crippen molar-refractivity contribution in [1.82, 2.24) is 14.9 Å². The van der Waals surface area contributed by atoms with Crippen LogP contribution in [-0.2, 0) is 0 Å². The lowest BCUT2D eigenvalue weighted by molar-refractivity contribution is 0.340. The molecular formula is C19H18ClN5OS. The summed E-state index contributed by atoms with van der Waals surface area (Å²) in [5.74, 6) is 1.40. The van der Waals surface area contributed by atoms with Crippen LogP contribution in [0.2, 0.25) is 0 Å². The van der Waals surface area contributed by atoms with Gasteiger partial charge in [-0.25, -0.2) is 10.6 Å². The predicted molar refractivity (Wildman–Crippen MR) is 112 cm³/mol. The lowest BCUT2D eigenvalue weighted by Crippen LogP contribution is -2.10. The molecule has 3 rings (SSSR count). The second-order valence-electron chi connectivity index (χ2n) is 5.44. The van der Waals surface area contributed by atoms with E-state index in [1.807, 2.05) is 67.6 Å². The minimum Gasteiger partial charge on any atom is -0.494 e. The van der Waals surface area contributed by atoms with Gasteiger partial charge in [-0.15, -0.1) is 0 Å². The molecule has 1 heterocycles. The Morgan fingerprint density at radius 2 is 2.00 bits per heavy atom. The van der Waals surface area contributed by atoms with Gasteiger partial charge in [-0.1, -0.05) is 41.9 Å². The third kappa shape index (κ3) is 5.06. The minimum absolute atomic E-state index is 0.388. The van der Waals surface area contributed by atoms with Crippen LogP contribution in [0.3, 0.4) is 0 Å². The lowest BCUT2D eigenvalue weighted by Gasteiger charge is -2.07. The van der Waals surface area contributed by atoms with Crippen molar-refractivity contribution in [2.24, 2.45) is 5.10 Å². The van der Waals surface area contributed by atoms with Crippen molar-refractivity contribution in [3.05, 3.63) is 70.0 Å². The van der Waals surface area contributed by atoms with Gasteiger partial charge in [0.25, 0.3) is 0 Å². The Morgan fingerprint density at radius 1 is 1.26 bits per heavy atom. The van der Waals surface area contributed by atoms with Crippen molar-refractivity contribution in [2.45, 2.75) is 6.92 Å². The number of nitrogens with one attached hydrogen (secondary N) is 2. The minimum atomic E-state index is 0.388. The van der Waals surface area contributed by atoms with Gasteiger partial charge < -0.3 is 4.74 Å². The van der Waals surface area contributed by atoms with Crippen molar-refractivity contribution >= 4 is 36.1 Å². The van der Waals surface area contributed by atoms with E-state index in [2.05, 4.69) is 20.8 Å². The number of halogens is 1. The molecule has 2 N–H and O–H groups in total. The third-order valence-corrected chi connectivity index (χ3v) is 4.03. The molecule has 0 saturated heterocycles. The summed E-state index contributed by atoms with van der Waals surface area (Å²) in [7, 11) is 0. The molecule has 0 bridgehead atoms. The van der Waals surface area contributed by atoms with Crippen LogP contribution in [0.4, 0.5) is 0 Å². The van der Waals surface area contributed by atoms with Crippen LogP contribution >= 0.6 is 23.8 Å². The number of aromatic amines is 1. The maximum atomic E-state index is 6.20. The highest BCUT2D eigenvalue weighted by Gasteiger charge is 2.08. The zero-order chi connectivity index (χ0) is 19.1. The second kappa shape index (κ2) is 9.16. The topological polar surface area (TPSA) is 67.2 Å². The third-order valence-electron chi connectivity index (χ3n) is 3.55. The van der Waals surface area contributed by atoms with Crippen LogP contribution in [0.15, 0.2) is 64.7 Å². The van der Waals surface area contributed by atoms with Gasteiger partial charge in [0.15, 0.2) is 5.82 Å². The SMILES string of the molecule is CCOc1ccc(-c2n[nH]c(=S)n2N/N=C/C(Cl)=C/c2ccccc2)cc1. The standard InChI is InChI=1S/C19H18ClN5OS/c1-2-26-17-10-8-15(9-11-17)18-22-23-19(27)25(18)24-21-13-16(20)12-14-6-4-3-5-7-14/h3-13,24H,2H2,1H3,(H,23,27)/b16-12-,21-13+. The molecule has 0 radical (unpaired) electrons. The summed E-state index contributed by atoms with van der Waals surface area (Å²) in [4.78, 5) is 0. The molecule has 8 heteroatoms. The summed E-state index contributed by atoms with van der Waals surface area (Å²) in [5, 5.41) is 11.6. The Labute approximate surface area is 167 Å². The van der Waals surface area contributed by atoms with Crippen molar-refractivity contribution in [1.29, 1.82) is 0 Å². The Balaban J connectivity index is 1.75. The number of hydrogen-bond acceptors (Lipinski definition) is 5. The quantitative estimate of drug-likeness (QED) is 0.339. The van der Waals surface area contributed by atoms with Crippen molar-refractivity contribution < 1.29 is 4.74 Å². The van der Waals surface area contributed by atoms with Crippen molar-refractivity contribution in [3.8, 4) is 17.1 Å². The number of H-pyrrole nitrogens is 1. The largest absolute Gasteiger partial charge is 0.494 e. The number of ether oxygens (including phenoxy) is 1. The van der Waals surface area contributed by atoms with E-state index in [1.54, 1.807) is 4.68 Å². The highest BCUT2D eigenvalue weighted by atomic mass is 35.5. The van der Waals surface area contributed by atoms with E-state index in [4.69, 9.17) is 28.6 Å². The van der Waals surface area contributed by atoms with Crippen molar-refractivity contribution in [2.75, 3.05) is 12.1 Å². The molecule has 138 valence electrons. The van der Waals surface area contributed by atoms with E-state index < -0.39 is 0 Å². The highest BCUT2D eigenvalue weighted by Crippen LogP contribution is 2.20. The van der Waals surface area contributed by atoms with E-state index in [1.165, 1.54) is 6.21 Å². The second-order valence-corrected chi connectivity index (χ2v) is 6.27. The van der Waals surface area contributed by atoms with Gasteiger partial charge in [0.05, 0.1) is 17.9 Å². The lowest BCUT2D eigenvalue weighted by atomic mass is 10.2. The fraction of sp³-hybridized carbons (Fsp3) is 0.105. The summed E-state index contributed by atoms with van der Waals surface area (Å²) in [6, 6.07) is 17.3. The first kappa shape index (κ1) is 18.9. The van der Waals surface area contributed by atoms with Gasteiger partial charge in [-0.2, -0.15) is 14.9 Å². The fourth-order valence-corrected chi connectivity index (χ4v) is 2.69. The molecule has 27 heavy (non-hydrogen) atoms. The first-order valence-electron chi connectivity index (χ1n) is 8.29. The van der Waals surface area contributed by atoms with Gasteiger partial charge in [-0.05, 0) is 55.0 Å². The van der Waals surface area contributed by atoms with Crippen molar-refractivity contribution in [3.63, 3.8) is 0 Å². The summed E-state index contributed by atoms with van der Waals surface area (Å²) in [6.07, 6.45) is 3.32. The molecule has 1 aromatic heterocycles. The van der Waals surface area contributed by atoms with Crippen LogP contribution in [-0.4, -0.2) is 27.7 Å². The average molecular weight is 400 g/mol. The number of hydrazone groups is 1. The summed E-state index contributed by atoms with van der Waals surface area (Å²) < 4.78 is 7.41. The van der Waals surface area contributed by atoms with E-state index in [-0.39, 0.29) is 0 Å². The molecule has 6 nitrogen and oxygen atoms in total. The van der Waals surface area contributed by atoms with Gasteiger partial charge in [0.2, 0.25) is 4.77 Å². The molecule has 0 unspecified atom stereocenters. The number of aromatic nitrogens is 3. The highest BCUT2D eigenvalue weighted by molar-refractivity contribution is 7.71. The Morgan fingerprint density at radius 3 is 2.70 bits per heavy atom. The number of hydrogen-bond donors (Lipinski definition) is 2. The molecule has 0 spiro atoms. The number of benzene rings is 2. The smallest absolute Gasteiger partial charge is 0.216 e. The van der Waals surface area contributed by atoms with Crippen LogP contribution in [0.1, 0.15) is 12.5 Å². The predicted octanol–water partition coefficient (Wildman–Crippen LogP) is 4.82. The van der Waals surface area contributed by atoms with E-state index >= 15 is 0 Å². The summed E-state index contributed by atoms with van der Waals surface area (Å²) >= 11 is 11.5. The summed E-state index contributed by atoms with van der Waals surface area (Å²) in [5.41, 5.74) is 4.70. The van der Waals surface area contributed by atoms with Gasteiger partial charge >= 0.3 is 0 Å². The first-order valence-corrected chi connectivity index (χ1v) is 9.08. The molecule has 0 saturated carbocycles. The fourth-order valence-electron chi connectivity index (χ4n) is 2.34. The van der Waals surface area contributed by atoms with E-state index in [0.717, 1.165) is 16.9 Å². The molecule has 0 fully saturated rings. The van der Waals surface area contributed by atoms with Crippen LogP contribution in [0.5, 0.6) is 5.75 Å². The Hall–Kier alpha value is -2.90. The molecule has 2 aromatic carbocycles. The van der Waals surface area contributed by atoms with Gasteiger partial charge in [0, 0.05) is 5.56 Å². The van der Waals surface area contributed by atoms with E-state index in [0.29, 0.717) is 22.2 Å². The van der Waals surface area contributed by atoms with Crippen LogP contribution in [0.25, 0.3) is 17.5 Å².